The Morgan fingerprint density at radius 1 is 1.35 bits per heavy atom. The Morgan fingerprint density at radius 3 is 2.70 bits per heavy atom. The van der Waals surface area contributed by atoms with Crippen LogP contribution in [0.3, 0.4) is 0 Å². The van der Waals surface area contributed by atoms with Crippen molar-refractivity contribution < 1.29 is 14.3 Å². The van der Waals surface area contributed by atoms with Gasteiger partial charge in [-0.15, -0.1) is 0 Å². The largest absolute Gasteiger partial charge is 0.399 e. The average molecular weight is 279 g/mol. The van der Waals surface area contributed by atoms with Gasteiger partial charge in [0.1, 0.15) is 0 Å². The summed E-state index contributed by atoms with van der Waals surface area (Å²) in [6.45, 7) is 2.94. The van der Waals surface area contributed by atoms with Gasteiger partial charge in [-0.25, -0.2) is 0 Å². The molecule has 0 saturated carbocycles. The van der Waals surface area contributed by atoms with E-state index >= 15 is 0 Å². The number of nitrogen functional groups attached to an aromatic ring is 1. The van der Waals surface area contributed by atoms with Gasteiger partial charge in [0.05, 0.1) is 19.6 Å². The minimum Gasteiger partial charge on any atom is -0.399 e. The van der Waals surface area contributed by atoms with Crippen LogP contribution in [0, 0.1) is 0 Å². The number of carbonyl (C=O) groups is 2. The van der Waals surface area contributed by atoms with Gasteiger partial charge < -0.3 is 21.1 Å². The van der Waals surface area contributed by atoms with Gasteiger partial charge in [0, 0.05) is 18.8 Å². The Hall–Kier alpha value is -2.08. The second kappa shape index (κ2) is 8.16. The topological polar surface area (TPSA) is 98.6 Å². The van der Waals surface area contributed by atoms with Gasteiger partial charge >= 0.3 is 0 Å². The Bertz CT molecular complexity index is 463. The first kappa shape index (κ1) is 16.0. The zero-order valence-electron chi connectivity index (χ0n) is 11.7. The van der Waals surface area contributed by atoms with Gasteiger partial charge in [-0.1, -0.05) is 12.1 Å². The van der Waals surface area contributed by atoms with Crippen LogP contribution in [0.1, 0.15) is 18.9 Å². The van der Waals surface area contributed by atoms with Crippen molar-refractivity contribution in [3.63, 3.8) is 0 Å². The van der Waals surface area contributed by atoms with E-state index in [1.54, 1.807) is 18.2 Å². The number of anilines is 1. The van der Waals surface area contributed by atoms with Crippen LogP contribution >= 0.6 is 0 Å². The maximum Gasteiger partial charge on any atom is 0.237 e. The first-order chi connectivity index (χ1) is 9.52. The highest BCUT2D eigenvalue weighted by Gasteiger charge is 2.16. The Morgan fingerprint density at radius 2 is 2.10 bits per heavy atom. The third-order valence-electron chi connectivity index (χ3n) is 2.69. The maximum absolute atomic E-state index is 12.0. The van der Waals surface area contributed by atoms with Gasteiger partial charge in [-0.3, -0.25) is 9.59 Å². The second-order valence-electron chi connectivity index (χ2n) is 4.41. The van der Waals surface area contributed by atoms with E-state index in [0.29, 0.717) is 25.4 Å². The fourth-order valence-electron chi connectivity index (χ4n) is 1.79. The zero-order chi connectivity index (χ0) is 15.0. The monoisotopic (exact) mass is 279 g/mol. The number of rotatable bonds is 8. The summed E-state index contributed by atoms with van der Waals surface area (Å²) < 4.78 is 5.14. The van der Waals surface area contributed by atoms with Crippen molar-refractivity contribution >= 4 is 17.5 Å². The van der Waals surface area contributed by atoms with Crippen LogP contribution in [0.2, 0.25) is 0 Å². The summed E-state index contributed by atoms with van der Waals surface area (Å²) in [4.78, 5) is 24.5. The molecule has 0 atom stereocenters. The number of hydrogen-bond donors (Lipinski definition) is 2. The number of amides is 2. The molecule has 0 unspecified atom stereocenters. The van der Waals surface area contributed by atoms with E-state index in [1.807, 2.05) is 13.0 Å². The molecule has 0 aliphatic carbocycles. The summed E-state index contributed by atoms with van der Waals surface area (Å²) in [5, 5.41) is 0. The van der Waals surface area contributed by atoms with Crippen LogP contribution in [0.5, 0.6) is 0 Å². The van der Waals surface area contributed by atoms with Gasteiger partial charge in [-0.05, 0) is 24.6 Å². The molecule has 0 saturated heterocycles. The molecule has 110 valence electrons. The molecule has 0 aliphatic rings. The number of nitrogens with zero attached hydrogens (tertiary/aromatic N) is 1. The van der Waals surface area contributed by atoms with Gasteiger partial charge in [0.15, 0.2) is 0 Å². The molecular formula is C14H21N3O3. The molecule has 1 aromatic rings. The lowest BCUT2D eigenvalue weighted by Gasteiger charge is -2.21. The van der Waals surface area contributed by atoms with E-state index < -0.39 is 5.91 Å². The van der Waals surface area contributed by atoms with Crippen molar-refractivity contribution in [2.75, 3.05) is 25.5 Å². The Kier molecular flexibility index (Phi) is 6.52. The van der Waals surface area contributed by atoms with Crippen molar-refractivity contribution in [1.29, 1.82) is 0 Å². The molecule has 4 N–H and O–H groups in total. The normalized spacial score (nSPS) is 10.2. The SMILES string of the molecule is CCOCCC(=O)N(CC(N)=O)Cc1cccc(N)c1. The number of primary amides is 1. The van der Waals surface area contributed by atoms with Crippen molar-refractivity contribution in [2.45, 2.75) is 19.9 Å². The highest BCUT2D eigenvalue weighted by atomic mass is 16.5. The molecule has 0 radical (unpaired) electrons. The number of nitrogens with two attached hydrogens (primary N) is 2. The smallest absolute Gasteiger partial charge is 0.237 e. The molecule has 6 nitrogen and oxygen atoms in total. The molecule has 0 fully saturated rings. The van der Waals surface area contributed by atoms with Gasteiger partial charge in [-0.2, -0.15) is 0 Å². The van der Waals surface area contributed by atoms with Gasteiger partial charge in [0.25, 0.3) is 0 Å². The summed E-state index contributed by atoms with van der Waals surface area (Å²) in [7, 11) is 0. The quantitative estimate of drug-likeness (QED) is 0.535. The maximum atomic E-state index is 12.0. The van der Waals surface area contributed by atoms with E-state index in [-0.39, 0.29) is 18.9 Å². The fourth-order valence-corrected chi connectivity index (χ4v) is 1.79. The lowest BCUT2D eigenvalue weighted by atomic mass is 10.2. The van der Waals surface area contributed by atoms with Crippen molar-refractivity contribution in [3.05, 3.63) is 29.8 Å². The Balaban J connectivity index is 2.68. The second-order valence-corrected chi connectivity index (χ2v) is 4.41. The molecule has 6 heteroatoms. The molecule has 0 aliphatic heterocycles. The van der Waals surface area contributed by atoms with Crippen LogP contribution in [0.25, 0.3) is 0 Å². The van der Waals surface area contributed by atoms with E-state index in [9.17, 15) is 9.59 Å². The van der Waals surface area contributed by atoms with Crippen LogP contribution in [-0.4, -0.2) is 36.5 Å². The molecule has 1 rings (SSSR count). The van der Waals surface area contributed by atoms with Crippen molar-refractivity contribution in [1.82, 2.24) is 4.90 Å². The van der Waals surface area contributed by atoms with E-state index in [0.717, 1.165) is 5.56 Å². The predicted octanol–water partition coefficient (Wildman–Crippen LogP) is 0.509. The zero-order valence-corrected chi connectivity index (χ0v) is 11.7. The van der Waals surface area contributed by atoms with Crippen LogP contribution in [0.4, 0.5) is 5.69 Å². The van der Waals surface area contributed by atoms with Crippen molar-refractivity contribution in [3.8, 4) is 0 Å². The fraction of sp³-hybridized carbons (Fsp3) is 0.429. The third kappa shape index (κ3) is 5.71. The molecule has 0 spiro atoms. The third-order valence-corrected chi connectivity index (χ3v) is 2.69. The molecule has 0 aromatic heterocycles. The molecule has 0 bridgehead atoms. The summed E-state index contributed by atoms with van der Waals surface area (Å²) in [6, 6.07) is 7.18. The van der Waals surface area contributed by atoms with Crippen LogP contribution < -0.4 is 11.5 Å². The molecule has 2 amide bonds. The molecule has 20 heavy (non-hydrogen) atoms. The van der Waals surface area contributed by atoms with E-state index in [2.05, 4.69) is 0 Å². The number of benzene rings is 1. The summed E-state index contributed by atoms with van der Waals surface area (Å²) >= 11 is 0. The standard InChI is InChI=1S/C14H21N3O3/c1-2-20-7-6-14(19)17(10-13(16)18)9-11-4-3-5-12(15)8-11/h3-5,8H,2,6-7,9-10,15H2,1H3,(H2,16,18). The lowest BCUT2D eigenvalue weighted by Crippen LogP contribution is -2.38. The highest BCUT2D eigenvalue weighted by molar-refractivity contribution is 5.83. The highest BCUT2D eigenvalue weighted by Crippen LogP contribution is 2.10. The molecule has 0 heterocycles. The molecule has 1 aromatic carbocycles. The summed E-state index contributed by atoms with van der Waals surface area (Å²) in [6.07, 6.45) is 0.226. The minimum absolute atomic E-state index is 0.111. The average Bonchev–Trinajstić information content (AvgIpc) is 2.37. The first-order valence-corrected chi connectivity index (χ1v) is 6.51. The predicted molar refractivity (Wildman–Crippen MR) is 76.6 cm³/mol. The van der Waals surface area contributed by atoms with Gasteiger partial charge in [0.2, 0.25) is 11.8 Å². The van der Waals surface area contributed by atoms with Crippen LogP contribution in [0.15, 0.2) is 24.3 Å². The van der Waals surface area contributed by atoms with Crippen molar-refractivity contribution in [2.24, 2.45) is 5.73 Å². The minimum atomic E-state index is -0.543. The van der Waals surface area contributed by atoms with E-state index in [4.69, 9.17) is 16.2 Å². The summed E-state index contributed by atoms with van der Waals surface area (Å²) in [5.74, 6) is -0.710. The number of carbonyl (C=O) groups excluding carboxylic acids is 2. The number of hydrogen-bond acceptors (Lipinski definition) is 4. The summed E-state index contributed by atoms with van der Waals surface area (Å²) in [5.41, 5.74) is 12.3. The van der Waals surface area contributed by atoms with E-state index in [1.165, 1.54) is 4.90 Å². The number of ether oxygens (including phenoxy) is 1. The van der Waals surface area contributed by atoms with Crippen LogP contribution in [-0.2, 0) is 20.9 Å². The molecular weight excluding hydrogens is 258 g/mol. The Labute approximate surface area is 118 Å². The lowest BCUT2D eigenvalue weighted by molar-refractivity contribution is -0.136. The first-order valence-electron chi connectivity index (χ1n) is 6.51.